The van der Waals surface area contributed by atoms with Crippen molar-refractivity contribution in [3.63, 3.8) is 0 Å². The van der Waals surface area contributed by atoms with Gasteiger partial charge in [-0.3, -0.25) is 9.59 Å². The summed E-state index contributed by atoms with van der Waals surface area (Å²) in [5.74, 6) is -1.06. The Bertz CT molecular complexity index is 1030. The summed E-state index contributed by atoms with van der Waals surface area (Å²) in [5.41, 5.74) is 3.23. The molecule has 160 valence electrons. The van der Waals surface area contributed by atoms with Crippen LogP contribution in [0.15, 0.2) is 53.4 Å². The molecule has 1 aliphatic heterocycles. The number of rotatable bonds is 6. The van der Waals surface area contributed by atoms with Gasteiger partial charge in [0, 0.05) is 20.1 Å². The summed E-state index contributed by atoms with van der Waals surface area (Å²) < 4.78 is 31.4. The van der Waals surface area contributed by atoms with Gasteiger partial charge in [0.1, 0.15) is 6.54 Å². The van der Waals surface area contributed by atoms with E-state index in [1.165, 1.54) is 31.7 Å². The van der Waals surface area contributed by atoms with Gasteiger partial charge in [0.05, 0.1) is 4.90 Å². The van der Waals surface area contributed by atoms with E-state index in [1.54, 1.807) is 17.0 Å². The van der Waals surface area contributed by atoms with Gasteiger partial charge in [0.2, 0.25) is 10.0 Å². The Morgan fingerprint density at radius 1 is 1.10 bits per heavy atom. The molecular weight excluding hydrogens is 404 g/mol. The molecule has 0 N–H and O–H groups in total. The summed E-state index contributed by atoms with van der Waals surface area (Å²) >= 11 is 0. The standard InChI is InChI=1S/C22H26N2O5S/c1-16-8-10-20(11-9-16)30(27,28)23(3)15-21(25)29-17(2)22(26)24-13-12-18-6-4-5-7-19(18)14-24/h4-11,17H,12-15H2,1-3H3/t17-/m0/s1. The zero-order chi connectivity index (χ0) is 21.9. The first kappa shape index (κ1) is 22.0. The summed E-state index contributed by atoms with van der Waals surface area (Å²) in [7, 11) is -2.51. The first-order valence-electron chi connectivity index (χ1n) is 9.76. The lowest BCUT2D eigenvalue weighted by Gasteiger charge is -2.30. The van der Waals surface area contributed by atoms with Gasteiger partial charge in [-0.1, -0.05) is 42.0 Å². The van der Waals surface area contributed by atoms with Crippen LogP contribution in [-0.4, -0.2) is 55.7 Å². The lowest BCUT2D eigenvalue weighted by Crippen LogP contribution is -2.43. The number of carbonyl (C=O) groups excluding carboxylic acids is 2. The molecule has 0 saturated heterocycles. The minimum Gasteiger partial charge on any atom is -0.452 e. The fourth-order valence-corrected chi connectivity index (χ4v) is 4.50. The predicted octanol–water partition coefficient (Wildman–Crippen LogP) is 2.13. The third kappa shape index (κ3) is 4.88. The highest BCUT2D eigenvalue weighted by atomic mass is 32.2. The Balaban J connectivity index is 1.57. The fraction of sp³-hybridized carbons (Fsp3) is 0.364. The van der Waals surface area contributed by atoms with Crippen molar-refractivity contribution in [3.8, 4) is 0 Å². The molecule has 1 amide bonds. The second kappa shape index (κ2) is 8.97. The molecule has 0 spiro atoms. The summed E-state index contributed by atoms with van der Waals surface area (Å²) in [6.45, 7) is 3.92. The van der Waals surface area contributed by atoms with Gasteiger partial charge in [0.25, 0.3) is 5.91 Å². The molecular formula is C22H26N2O5S. The summed E-state index contributed by atoms with van der Waals surface area (Å²) in [5, 5.41) is 0. The third-order valence-electron chi connectivity index (χ3n) is 5.18. The van der Waals surface area contributed by atoms with Gasteiger partial charge < -0.3 is 9.64 Å². The number of benzene rings is 2. The molecule has 0 aromatic heterocycles. The Hall–Kier alpha value is -2.71. The van der Waals surface area contributed by atoms with E-state index in [4.69, 9.17) is 4.74 Å². The number of amides is 1. The number of nitrogens with zero attached hydrogens (tertiary/aromatic N) is 2. The SMILES string of the molecule is Cc1ccc(S(=O)(=O)N(C)CC(=O)O[C@@H](C)C(=O)N2CCc3ccccc3C2)cc1. The van der Waals surface area contributed by atoms with E-state index in [1.807, 2.05) is 31.2 Å². The summed E-state index contributed by atoms with van der Waals surface area (Å²) in [4.78, 5) is 26.7. The minimum absolute atomic E-state index is 0.0968. The van der Waals surface area contributed by atoms with Crippen molar-refractivity contribution in [2.75, 3.05) is 20.1 Å². The Kier molecular flexibility index (Phi) is 6.58. The van der Waals surface area contributed by atoms with Crippen LogP contribution in [0.4, 0.5) is 0 Å². The number of fused-ring (bicyclic) bond motifs is 1. The van der Waals surface area contributed by atoms with Crippen molar-refractivity contribution in [1.29, 1.82) is 0 Å². The highest BCUT2D eigenvalue weighted by Gasteiger charge is 2.29. The summed E-state index contributed by atoms with van der Waals surface area (Å²) in [6, 6.07) is 14.3. The minimum atomic E-state index is -3.82. The number of hydrogen-bond acceptors (Lipinski definition) is 5. The quantitative estimate of drug-likeness (QED) is 0.656. The van der Waals surface area contributed by atoms with E-state index >= 15 is 0 Å². The van der Waals surface area contributed by atoms with E-state index in [2.05, 4.69) is 0 Å². The molecule has 0 bridgehead atoms. The monoisotopic (exact) mass is 430 g/mol. The molecule has 3 rings (SSSR count). The lowest BCUT2D eigenvalue weighted by molar-refractivity contribution is -0.159. The molecule has 7 nitrogen and oxygen atoms in total. The van der Waals surface area contributed by atoms with Crippen LogP contribution in [0.2, 0.25) is 0 Å². The number of likely N-dealkylation sites (N-methyl/N-ethyl adjacent to an activating group) is 1. The Morgan fingerprint density at radius 2 is 1.73 bits per heavy atom. The van der Waals surface area contributed by atoms with Crippen molar-refractivity contribution in [2.45, 2.75) is 37.8 Å². The van der Waals surface area contributed by atoms with Crippen molar-refractivity contribution in [1.82, 2.24) is 9.21 Å². The molecule has 0 fully saturated rings. The van der Waals surface area contributed by atoms with Gasteiger partial charge in [0.15, 0.2) is 6.10 Å². The maximum atomic E-state index is 12.7. The molecule has 1 heterocycles. The topological polar surface area (TPSA) is 84.0 Å². The molecule has 30 heavy (non-hydrogen) atoms. The van der Waals surface area contributed by atoms with E-state index in [-0.39, 0.29) is 10.8 Å². The molecule has 1 aliphatic rings. The average molecular weight is 431 g/mol. The third-order valence-corrected chi connectivity index (χ3v) is 7.00. The molecule has 1 atom stereocenters. The maximum Gasteiger partial charge on any atom is 0.322 e. The first-order valence-corrected chi connectivity index (χ1v) is 11.2. The zero-order valence-corrected chi connectivity index (χ0v) is 18.2. The van der Waals surface area contributed by atoms with Gasteiger partial charge in [-0.05, 0) is 43.5 Å². The molecule has 0 aliphatic carbocycles. The highest BCUT2D eigenvalue weighted by Crippen LogP contribution is 2.20. The van der Waals surface area contributed by atoms with Gasteiger partial charge >= 0.3 is 5.97 Å². The second-order valence-corrected chi connectivity index (χ2v) is 9.53. The average Bonchev–Trinajstić information content (AvgIpc) is 2.72. The van der Waals surface area contributed by atoms with Crippen LogP contribution >= 0.6 is 0 Å². The van der Waals surface area contributed by atoms with Gasteiger partial charge in [-0.15, -0.1) is 0 Å². The smallest absolute Gasteiger partial charge is 0.322 e. The van der Waals surface area contributed by atoms with Gasteiger partial charge in [-0.2, -0.15) is 4.31 Å². The number of carbonyl (C=O) groups is 2. The Labute approximate surface area is 177 Å². The first-order chi connectivity index (χ1) is 14.2. The van der Waals surface area contributed by atoms with Crippen LogP contribution in [0.1, 0.15) is 23.6 Å². The van der Waals surface area contributed by atoms with E-state index in [9.17, 15) is 18.0 Å². The summed E-state index contributed by atoms with van der Waals surface area (Å²) in [6.07, 6.45) is -0.238. The normalized spacial score (nSPS) is 14.9. The molecule has 0 unspecified atom stereocenters. The molecule has 0 radical (unpaired) electrons. The second-order valence-electron chi connectivity index (χ2n) is 7.48. The van der Waals surface area contributed by atoms with Crippen LogP contribution in [0.5, 0.6) is 0 Å². The van der Waals surface area contributed by atoms with Crippen molar-refractivity contribution in [2.24, 2.45) is 0 Å². The van der Waals surface area contributed by atoms with Crippen molar-refractivity contribution >= 4 is 21.9 Å². The molecule has 2 aromatic rings. The number of hydrogen-bond donors (Lipinski definition) is 0. The zero-order valence-electron chi connectivity index (χ0n) is 17.4. The lowest BCUT2D eigenvalue weighted by atomic mass is 9.99. The number of esters is 1. The molecule has 0 saturated carbocycles. The van der Waals surface area contributed by atoms with Crippen molar-refractivity contribution < 1.29 is 22.7 Å². The maximum absolute atomic E-state index is 12.7. The van der Waals surface area contributed by atoms with E-state index in [0.29, 0.717) is 13.1 Å². The van der Waals surface area contributed by atoms with Crippen LogP contribution < -0.4 is 0 Å². The molecule has 8 heteroatoms. The van der Waals surface area contributed by atoms with Crippen molar-refractivity contribution in [3.05, 3.63) is 65.2 Å². The number of sulfonamides is 1. The number of aryl methyl sites for hydroxylation is 1. The van der Waals surface area contributed by atoms with Crippen LogP contribution in [0.3, 0.4) is 0 Å². The van der Waals surface area contributed by atoms with Gasteiger partial charge in [-0.25, -0.2) is 8.42 Å². The molecule has 2 aromatic carbocycles. The fourth-order valence-electron chi connectivity index (χ4n) is 3.38. The van der Waals surface area contributed by atoms with Crippen LogP contribution in [0, 0.1) is 6.92 Å². The predicted molar refractivity (Wildman–Crippen MR) is 112 cm³/mol. The van der Waals surface area contributed by atoms with Crippen LogP contribution in [0.25, 0.3) is 0 Å². The largest absolute Gasteiger partial charge is 0.452 e. The Morgan fingerprint density at radius 3 is 2.40 bits per heavy atom. The highest BCUT2D eigenvalue weighted by molar-refractivity contribution is 7.89. The number of ether oxygens (including phenoxy) is 1. The van der Waals surface area contributed by atoms with E-state index < -0.39 is 28.6 Å². The van der Waals surface area contributed by atoms with E-state index in [0.717, 1.165) is 21.9 Å². The van der Waals surface area contributed by atoms with Crippen LogP contribution in [-0.2, 0) is 37.3 Å².